The van der Waals surface area contributed by atoms with Crippen molar-refractivity contribution in [2.24, 2.45) is 0 Å². The molecule has 0 atom stereocenters. The standard InChI is InChI=1S/C8H10BrN3O/c9-2-1-3-12-8(13)7-6-10-4-5-11-7/h4-6H,1-3H2,(H,12,13). The molecule has 0 spiro atoms. The third-order valence-corrected chi connectivity index (χ3v) is 1.95. The van der Waals surface area contributed by atoms with Crippen LogP contribution in [-0.2, 0) is 0 Å². The van der Waals surface area contributed by atoms with Gasteiger partial charge in [-0.25, -0.2) is 4.98 Å². The van der Waals surface area contributed by atoms with Crippen molar-refractivity contribution in [1.82, 2.24) is 15.3 Å². The highest BCUT2D eigenvalue weighted by Gasteiger charge is 2.04. The van der Waals surface area contributed by atoms with E-state index in [4.69, 9.17) is 0 Å². The molecule has 1 aromatic rings. The fraction of sp³-hybridized carbons (Fsp3) is 0.375. The van der Waals surface area contributed by atoms with Crippen LogP contribution in [0.25, 0.3) is 0 Å². The van der Waals surface area contributed by atoms with Gasteiger partial charge in [-0.05, 0) is 6.42 Å². The number of alkyl halides is 1. The first-order valence-electron chi connectivity index (χ1n) is 3.95. The van der Waals surface area contributed by atoms with Crippen molar-refractivity contribution >= 4 is 21.8 Å². The average molecular weight is 244 g/mol. The minimum Gasteiger partial charge on any atom is -0.351 e. The fourth-order valence-electron chi connectivity index (χ4n) is 0.776. The maximum atomic E-state index is 11.3. The lowest BCUT2D eigenvalue weighted by atomic mass is 10.4. The van der Waals surface area contributed by atoms with Crippen molar-refractivity contribution in [2.75, 3.05) is 11.9 Å². The van der Waals surface area contributed by atoms with Gasteiger partial charge in [0.2, 0.25) is 0 Å². The molecule has 0 aliphatic carbocycles. The second-order valence-electron chi connectivity index (χ2n) is 2.39. The number of nitrogens with zero attached hydrogens (tertiary/aromatic N) is 2. The first-order chi connectivity index (χ1) is 6.34. The van der Waals surface area contributed by atoms with E-state index in [0.717, 1.165) is 11.8 Å². The van der Waals surface area contributed by atoms with Crippen LogP contribution in [-0.4, -0.2) is 27.7 Å². The van der Waals surface area contributed by atoms with Crippen LogP contribution in [0.2, 0.25) is 0 Å². The molecule has 0 aromatic carbocycles. The van der Waals surface area contributed by atoms with E-state index >= 15 is 0 Å². The molecule has 1 aromatic heterocycles. The highest BCUT2D eigenvalue weighted by Crippen LogP contribution is 1.90. The summed E-state index contributed by atoms with van der Waals surface area (Å²) in [6.07, 6.45) is 5.39. The number of carbonyl (C=O) groups is 1. The molecule has 0 unspecified atom stereocenters. The topological polar surface area (TPSA) is 54.9 Å². The zero-order valence-electron chi connectivity index (χ0n) is 7.03. The second kappa shape index (κ2) is 5.64. The van der Waals surface area contributed by atoms with Crippen LogP contribution in [0, 0.1) is 0 Å². The molecular formula is C8H10BrN3O. The minimum absolute atomic E-state index is 0.172. The molecule has 0 bridgehead atoms. The van der Waals surface area contributed by atoms with E-state index < -0.39 is 0 Å². The van der Waals surface area contributed by atoms with Crippen molar-refractivity contribution in [3.05, 3.63) is 24.3 Å². The van der Waals surface area contributed by atoms with E-state index in [2.05, 4.69) is 31.2 Å². The van der Waals surface area contributed by atoms with Crippen LogP contribution in [0.4, 0.5) is 0 Å². The van der Waals surface area contributed by atoms with Crippen LogP contribution in [0.15, 0.2) is 18.6 Å². The normalized spacial score (nSPS) is 9.62. The summed E-state index contributed by atoms with van der Waals surface area (Å²) >= 11 is 3.28. The fourth-order valence-corrected chi connectivity index (χ4v) is 1.06. The van der Waals surface area contributed by atoms with E-state index in [1.807, 2.05) is 0 Å². The first kappa shape index (κ1) is 10.1. The third kappa shape index (κ3) is 3.50. The van der Waals surface area contributed by atoms with Crippen molar-refractivity contribution < 1.29 is 4.79 Å². The van der Waals surface area contributed by atoms with Gasteiger partial charge in [0.1, 0.15) is 5.69 Å². The molecular weight excluding hydrogens is 234 g/mol. The summed E-state index contributed by atoms with van der Waals surface area (Å²) < 4.78 is 0. The lowest BCUT2D eigenvalue weighted by Crippen LogP contribution is -2.25. The van der Waals surface area contributed by atoms with Crippen molar-refractivity contribution in [2.45, 2.75) is 6.42 Å². The van der Waals surface area contributed by atoms with E-state index in [-0.39, 0.29) is 5.91 Å². The van der Waals surface area contributed by atoms with Gasteiger partial charge in [-0.1, -0.05) is 15.9 Å². The molecule has 0 saturated heterocycles. The van der Waals surface area contributed by atoms with E-state index in [1.54, 1.807) is 0 Å². The molecule has 1 amide bonds. The summed E-state index contributed by atoms with van der Waals surface area (Å²) in [6, 6.07) is 0. The predicted molar refractivity (Wildman–Crippen MR) is 52.8 cm³/mol. The van der Waals surface area contributed by atoms with Gasteiger partial charge in [-0.2, -0.15) is 0 Å². The number of halogens is 1. The summed E-state index contributed by atoms with van der Waals surface area (Å²) in [5, 5.41) is 3.61. The predicted octanol–water partition coefficient (Wildman–Crippen LogP) is 0.991. The molecule has 0 saturated carbocycles. The van der Waals surface area contributed by atoms with Crippen molar-refractivity contribution in [1.29, 1.82) is 0 Å². The van der Waals surface area contributed by atoms with Crippen molar-refractivity contribution in [3.63, 3.8) is 0 Å². The van der Waals surface area contributed by atoms with Gasteiger partial charge in [0.05, 0.1) is 6.20 Å². The number of rotatable bonds is 4. The number of nitrogens with one attached hydrogen (secondary N) is 1. The van der Waals surface area contributed by atoms with E-state index in [9.17, 15) is 4.79 Å². The maximum absolute atomic E-state index is 11.3. The van der Waals surface area contributed by atoms with Crippen LogP contribution >= 0.6 is 15.9 Å². The summed E-state index contributed by atoms with van der Waals surface area (Å²) in [4.78, 5) is 19.0. The Morgan fingerprint density at radius 1 is 1.54 bits per heavy atom. The summed E-state index contributed by atoms with van der Waals surface area (Å²) in [6.45, 7) is 0.653. The molecule has 1 N–H and O–H groups in total. The van der Waals surface area contributed by atoms with Crippen LogP contribution < -0.4 is 5.32 Å². The van der Waals surface area contributed by atoms with Gasteiger partial charge in [-0.15, -0.1) is 0 Å². The highest BCUT2D eigenvalue weighted by atomic mass is 79.9. The summed E-state index contributed by atoms with van der Waals surface area (Å²) in [5.41, 5.74) is 0.358. The Labute approximate surface area is 84.9 Å². The zero-order valence-corrected chi connectivity index (χ0v) is 8.62. The third-order valence-electron chi connectivity index (χ3n) is 1.39. The van der Waals surface area contributed by atoms with Crippen LogP contribution in [0.3, 0.4) is 0 Å². The molecule has 13 heavy (non-hydrogen) atoms. The van der Waals surface area contributed by atoms with E-state index in [0.29, 0.717) is 12.2 Å². The Balaban J connectivity index is 2.40. The van der Waals surface area contributed by atoms with Crippen LogP contribution in [0.1, 0.15) is 16.9 Å². The minimum atomic E-state index is -0.172. The van der Waals surface area contributed by atoms with Gasteiger partial charge in [0.15, 0.2) is 0 Å². The van der Waals surface area contributed by atoms with E-state index in [1.165, 1.54) is 18.6 Å². The molecule has 4 nitrogen and oxygen atoms in total. The molecule has 1 rings (SSSR count). The summed E-state index contributed by atoms with van der Waals surface area (Å²) in [7, 11) is 0. The number of aromatic nitrogens is 2. The number of hydrogen-bond acceptors (Lipinski definition) is 3. The highest BCUT2D eigenvalue weighted by molar-refractivity contribution is 9.09. The quantitative estimate of drug-likeness (QED) is 0.634. The molecule has 0 aliphatic rings. The van der Waals surface area contributed by atoms with Crippen LogP contribution in [0.5, 0.6) is 0 Å². The van der Waals surface area contributed by atoms with Gasteiger partial charge >= 0.3 is 0 Å². The lowest BCUT2D eigenvalue weighted by Gasteiger charge is -2.01. The Hall–Kier alpha value is -0.970. The number of hydrogen-bond donors (Lipinski definition) is 1. The molecule has 0 fully saturated rings. The average Bonchev–Trinajstić information content (AvgIpc) is 2.19. The first-order valence-corrected chi connectivity index (χ1v) is 5.07. The molecule has 5 heteroatoms. The van der Waals surface area contributed by atoms with Crippen molar-refractivity contribution in [3.8, 4) is 0 Å². The second-order valence-corrected chi connectivity index (χ2v) is 3.18. The maximum Gasteiger partial charge on any atom is 0.271 e. The van der Waals surface area contributed by atoms with Gasteiger partial charge in [0.25, 0.3) is 5.91 Å². The smallest absolute Gasteiger partial charge is 0.271 e. The molecule has 1 heterocycles. The van der Waals surface area contributed by atoms with Gasteiger partial charge in [-0.3, -0.25) is 9.78 Å². The molecule has 70 valence electrons. The van der Waals surface area contributed by atoms with Gasteiger partial charge in [0, 0.05) is 24.3 Å². The number of amides is 1. The Morgan fingerprint density at radius 3 is 3.00 bits per heavy atom. The van der Waals surface area contributed by atoms with Gasteiger partial charge < -0.3 is 5.32 Å². The summed E-state index contributed by atoms with van der Waals surface area (Å²) in [5.74, 6) is -0.172. The molecule has 0 radical (unpaired) electrons. The molecule has 0 aliphatic heterocycles. The zero-order chi connectivity index (χ0) is 9.52. The Morgan fingerprint density at radius 2 is 2.38 bits per heavy atom. The SMILES string of the molecule is O=C(NCCCBr)c1cnccn1. The number of carbonyl (C=O) groups excluding carboxylic acids is 1. The lowest BCUT2D eigenvalue weighted by molar-refractivity contribution is 0.0948. The Kier molecular flexibility index (Phi) is 4.39. The Bertz CT molecular complexity index is 265. The largest absolute Gasteiger partial charge is 0.351 e. The monoisotopic (exact) mass is 243 g/mol.